The molecule has 0 saturated heterocycles. The first-order chi connectivity index (χ1) is 15.9. The Bertz CT molecular complexity index is 856. The monoisotopic (exact) mass is 474 g/mol. The van der Waals surface area contributed by atoms with E-state index in [2.05, 4.69) is 5.32 Å². The van der Waals surface area contributed by atoms with Gasteiger partial charge in [-0.15, -0.1) is 0 Å². The molecule has 0 radical (unpaired) electrons. The van der Waals surface area contributed by atoms with E-state index in [9.17, 15) is 19.2 Å². The SMILES string of the molecule is COC(=O)[C@H](CC(=O)OC(C)(C)C)CC(=O)[C@H](Cc1ccccc1)NC(=O)C1(N)CCCCC1. The summed E-state index contributed by atoms with van der Waals surface area (Å²) in [6, 6.07) is 8.41. The minimum absolute atomic E-state index is 0.252. The van der Waals surface area contributed by atoms with E-state index in [1.165, 1.54) is 7.11 Å². The number of Topliss-reactive ketones (excluding diaryl/α,β-unsaturated/α-hetero) is 1. The van der Waals surface area contributed by atoms with E-state index in [1.807, 2.05) is 30.3 Å². The lowest BCUT2D eigenvalue weighted by atomic mass is 9.81. The van der Waals surface area contributed by atoms with E-state index in [1.54, 1.807) is 20.8 Å². The van der Waals surface area contributed by atoms with Gasteiger partial charge in [-0.2, -0.15) is 0 Å². The van der Waals surface area contributed by atoms with Gasteiger partial charge in [-0.25, -0.2) is 0 Å². The minimum Gasteiger partial charge on any atom is -0.469 e. The van der Waals surface area contributed by atoms with Gasteiger partial charge in [0.15, 0.2) is 5.78 Å². The molecule has 1 amide bonds. The molecule has 8 nitrogen and oxygen atoms in total. The Balaban J connectivity index is 2.19. The molecule has 1 aromatic carbocycles. The van der Waals surface area contributed by atoms with Gasteiger partial charge in [0.2, 0.25) is 5.91 Å². The van der Waals surface area contributed by atoms with Gasteiger partial charge in [-0.1, -0.05) is 49.6 Å². The fourth-order valence-electron chi connectivity index (χ4n) is 4.18. The van der Waals surface area contributed by atoms with Gasteiger partial charge in [-0.05, 0) is 45.6 Å². The third-order valence-electron chi connectivity index (χ3n) is 5.99. The maximum atomic E-state index is 13.4. The number of methoxy groups -OCH3 is 1. The highest BCUT2D eigenvalue weighted by Gasteiger charge is 2.38. The van der Waals surface area contributed by atoms with Crippen LogP contribution in [-0.4, -0.2) is 47.9 Å². The van der Waals surface area contributed by atoms with Crippen LogP contribution in [0.25, 0.3) is 0 Å². The van der Waals surface area contributed by atoms with Crippen LogP contribution in [0, 0.1) is 5.92 Å². The minimum atomic E-state index is -1.01. The van der Waals surface area contributed by atoms with Crippen LogP contribution in [-0.2, 0) is 35.1 Å². The first-order valence-corrected chi connectivity index (χ1v) is 11.9. The van der Waals surface area contributed by atoms with Gasteiger partial charge < -0.3 is 20.5 Å². The number of nitrogens with one attached hydrogen (secondary N) is 1. The van der Waals surface area contributed by atoms with Gasteiger partial charge in [0.05, 0.1) is 31.0 Å². The number of carbonyl (C=O) groups excluding carboxylic acids is 4. The number of nitrogens with two attached hydrogens (primary N) is 1. The summed E-state index contributed by atoms with van der Waals surface area (Å²) in [5, 5.41) is 2.85. The normalized spacial score (nSPS) is 17.2. The molecule has 0 unspecified atom stereocenters. The van der Waals surface area contributed by atoms with Crippen molar-refractivity contribution in [2.75, 3.05) is 7.11 Å². The van der Waals surface area contributed by atoms with Gasteiger partial charge in [0.1, 0.15) is 5.60 Å². The number of carbonyl (C=O) groups is 4. The van der Waals surface area contributed by atoms with Crippen molar-refractivity contribution in [3.05, 3.63) is 35.9 Å². The lowest BCUT2D eigenvalue weighted by Gasteiger charge is -2.33. The molecule has 1 aromatic rings. The molecule has 2 rings (SSSR count). The van der Waals surface area contributed by atoms with E-state index in [4.69, 9.17) is 15.2 Å². The van der Waals surface area contributed by atoms with Crippen molar-refractivity contribution in [1.82, 2.24) is 5.32 Å². The average molecular weight is 475 g/mol. The van der Waals surface area contributed by atoms with E-state index >= 15 is 0 Å². The number of hydrogen-bond acceptors (Lipinski definition) is 7. The molecule has 1 aliphatic rings. The second kappa shape index (κ2) is 12.1. The van der Waals surface area contributed by atoms with Crippen LogP contribution in [0.15, 0.2) is 30.3 Å². The molecule has 0 heterocycles. The summed E-state index contributed by atoms with van der Waals surface area (Å²) >= 11 is 0. The van der Waals surface area contributed by atoms with Crippen LogP contribution in [0.4, 0.5) is 0 Å². The maximum absolute atomic E-state index is 13.4. The fourth-order valence-corrected chi connectivity index (χ4v) is 4.18. The zero-order valence-electron chi connectivity index (χ0n) is 20.7. The maximum Gasteiger partial charge on any atom is 0.309 e. The lowest BCUT2D eigenvalue weighted by Crippen LogP contribution is -2.58. The van der Waals surface area contributed by atoms with Gasteiger partial charge in [-0.3, -0.25) is 19.2 Å². The summed E-state index contributed by atoms with van der Waals surface area (Å²) < 4.78 is 10.1. The van der Waals surface area contributed by atoms with Crippen LogP contribution in [0.1, 0.15) is 71.3 Å². The summed E-state index contributed by atoms with van der Waals surface area (Å²) in [6.07, 6.45) is 3.59. The van der Waals surface area contributed by atoms with Crippen LogP contribution >= 0.6 is 0 Å². The quantitative estimate of drug-likeness (QED) is 0.500. The second-order valence-corrected chi connectivity index (χ2v) is 10.1. The van der Waals surface area contributed by atoms with Gasteiger partial charge >= 0.3 is 11.9 Å². The molecule has 8 heteroatoms. The largest absolute Gasteiger partial charge is 0.469 e. The predicted molar refractivity (Wildman–Crippen MR) is 128 cm³/mol. The smallest absolute Gasteiger partial charge is 0.309 e. The number of ketones is 1. The van der Waals surface area contributed by atoms with Crippen molar-refractivity contribution in [3.63, 3.8) is 0 Å². The number of amides is 1. The first kappa shape index (κ1) is 27.5. The molecule has 34 heavy (non-hydrogen) atoms. The Kier molecular flexibility index (Phi) is 9.79. The average Bonchev–Trinajstić information content (AvgIpc) is 2.77. The molecule has 0 aromatic heterocycles. The first-order valence-electron chi connectivity index (χ1n) is 11.9. The number of rotatable bonds is 10. The standard InChI is InChI=1S/C26H38N2O6/c1-25(2,3)34-22(30)17-19(23(31)33-4)16-21(29)20(15-18-11-7-5-8-12-18)28-24(32)26(27)13-9-6-10-14-26/h5,7-8,11-12,19-20H,6,9-10,13-17,27H2,1-4H3,(H,28,32)/t19-,20-/m0/s1. The van der Waals surface area contributed by atoms with Crippen molar-refractivity contribution >= 4 is 23.6 Å². The Morgan fingerprint density at radius 1 is 1.03 bits per heavy atom. The summed E-state index contributed by atoms with van der Waals surface area (Å²) in [5.41, 5.74) is 5.51. The molecule has 3 N–H and O–H groups in total. The molecular formula is C26H38N2O6. The molecule has 1 aliphatic carbocycles. The van der Waals surface area contributed by atoms with Crippen LogP contribution in [0.2, 0.25) is 0 Å². The number of esters is 2. The summed E-state index contributed by atoms with van der Waals surface area (Å²) in [7, 11) is 1.21. The van der Waals surface area contributed by atoms with E-state index in [0.29, 0.717) is 12.8 Å². The van der Waals surface area contributed by atoms with E-state index in [-0.39, 0.29) is 31.0 Å². The summed E-state index contributed by atoms with van der Waals surface area (Å²) in [4.78, 5) is 51.1. The zero-order valence-corrected chi connectivity index (χ0v) is 20.7. The Labute approximate surface area is 201 Å². The molecule has 0 spiro atoms. The number of hydrogen-bond donors (Lipinski definition) is 2. The second-order valence-electron chi connectivity index (χ2n) is 10.1. The molecule has 1 fully saturated rings. The highest BCUT2D eigenvalue weighted by atomic mass is 16.6. The predicted octanol–water partition coefficient (Wildman–Crippen LogP) is 2.86. The van der Waals surface area contributed by atoms with Gasteiger partial charge in [0, 0.05) is 6.42 Å². The number of ether oxygens (including phenoxy) is 2. The third-order valence-corrected chi connectivity index (χ3v) is 5.99. The molecule has 0 aliphatic heterocycles. The molecule has 1 saturated carbocycles. The Morgan fingerprint density at radius 2 is 1.65 bits per heavy atom. The Hall–Kier alpha value is -2.74. The molecule has 2 atom stereocenters. The van der Waals surface area contributed by atoms with Crippen LogP contribution < -0.4 is 11.1 Å². The summed E-state index contributed by atoms with van der Waals surface area (Å²) in [6.45, 7) is 5.17. The van der Waals surface area contributed by atoms with Crippen molar-refractivity contribution < 1.29 is 28.7 Å². The van der Waals surface area contributed by atoms with Gasteiger partial charge in [0.25, 0.3) is 0 Å². The van der Waals surface area contributed by atoms with Crippen LogP contribution in [0.5, 0.6) is 0 Å². The highest BCUT2D eigenvalue weighted by Crippen LogP contribution is 2.26. The summed E-state index contributed by atoms with van der Waals surface area (Å²) in [5.74, 6) is -3.00. The van der Waals surface area contributed by atoms with Crippen molar-refractivity contribution in [2.24, 2.45) is 11.7 Å². The van der Waals surface area contributed by atoms with Crippen molar-refractivity contribution in [3.8, 4) is 0 Å². The molecule has 0 bridgehead atoms. The van der Waals surface area contributed by atoms with E-state index in [0.717, 1.165) is 24.8 Å². The highest BCUT2D eigenvalue weighted by molar-refractivity contribution is 5.95. The fraction of sp³-hybridized carbons (Fsp3) is 0.615. The topological polar surface area (TPSA) is 125 Å². The van der Waals surface area contributed by atoms with E-state index < -0.39 is 35.0 Å². The van der Waals surface area contributed by atoms with Crippen molar-refractivity contribution in [1.29, 1.82) is 0 Å². The van der Waals surface area contributed by atoms with Crippen LogP contribution in [0.3, 0.4) is 0 Å². The third kappa shape index (κ3) is 8.56. The van der Waals surface area contributed by atoms with Crippen molar-refractivity contribution in [2.45, 2.75) is 89.3 Å². The molecular weight excluding hydrogens is 436 g/mol. The Morgan fingerprint density at radius 3 is 2.21 bits per heavy atom. The number of benzene rings is 1. The molecule has 188 valence electrons. The zero-order chi connectivity index (χ0) is 25.4. The lowest BCUT2D eigenvalue weighted by molar-refractivity contribution is -0.161.